The van der Waals surface area contributed by atoms with Crippen molar-refractivity contribution >= 4 is 5.91 Å². The Balaban J connectivity index is 2.79. The van der Waals surface area contributed by atoms with Gasteiger partial charge in [0, 0.05) is 12.1 Å². The summed E-state index contributed by atoms with van der Waals surface area (Å²) in [4.78, 5) is 12.0. The van der Waals surface area contributed by atoms with Crippen molar-refractivity contribution < 1.29 is 10.0 Å². The van der Waals surface area contributed by atoms with Crippen LogP contribution in [0.1, 0.15) is 47.5 Å². The molecule has 1 heterocycles. The van der Waals surface area contributed by atoms with E-state index >= 15 is 0 Å². The summed E-state index contributed by atoms with van der Waals surface area (Å²) >= 11 is 0. The topological polar surface area (TPSA) is 52.6 Å². The van der Waals surface area contributed by atoms with Gasteiger partial charge < -0.3 is 10.5 Å². The largest absolute Gasteiger partial charge is 0.356 e. The molecule has 0 aromatic carbocycles. The van der Waals surface area contributed by atoms with Crippen LogP contribution in [0, 0.1) is 5.92 Å². The van der Waals surface area contributed by atoms with Crippen molar-refractivity contribution in [2.45, 2.75) is 58.5 Å². The van der Waals surface area contributed by atoms with Crippen LogP contribution in [0.3, 0.4) is 0 Å². The number of carbonyl (C=O) groups is 1. The maximum atomic E-state index is 12.0. The molecule has 1 unspecified atom stereocenters. The Morgan fingerprint density at radius 1 is 1.44 bits per heavy atom. The van der Waals surface area contributed by atoms with Crippen LogP contribution in [0.25, 0.3) is 0 Å². The van der Waals surface area contributed by atoms with E-state index in [0.29, 0.717) is 13.0 Å². The molecule has 0 aromatic rings. The summed E-state index contributed by atoms with van der Waals surface area (Å²) in [5, 5.41) is 14.3. The second kappa shape index (κ2) is 4.34. The number of nitrogens with zero attached hydrogens (tertiary/aromatic N) is 1. The molecule has 94 valence electrons. The van der Waals surface area contributed by atoms with Crippen LogP contribution in [0.4, 0.5) is 0 Å². The van der Waals surface area contributed by atoms with Crippen molar-refractivity contribution in [3.63, 3.8) is 0 Å². The van der Waals surface area contributed by atoms with Gasteiger partial charge in [0.1, 0.15) is 0 Å². The maximum absolute atomic E-state index is 12.0. The lowest BCUT2D eigenvalue weighted by Gasteiger charge is -2.35. The highest BCUT2D eigenvalue weighted by Gasteiger charge is 2.53. The van der Waals surface area contributed by atoms with Crippen LogP contribution in [0.2, 0.25) is 0 Å². The Bertz CT molecular complexity index is 274. The van der Waals surface area contributed by atoms with E-state index in [1.807, 2.05) is 34.6 Å². The number of hydroxylamine groups is 2. The van der Waals surface area contributed by atoms with E-state index < -0.39 is 5.54 Å². The smallest absolute Gasteiger partial charge is 0.225 e. The fourth-order valence-corrected chi connectivity index (χ4v) is 2.55. The zero-order valence-electron chi connectivity index (χ0n) is 11.0. The van der Waals surface area contributed by atoms with Crippen molar-refractivity contribution in [1.29, 1.82) is 0 Å². The Kier molecular flexibility index (Phi) is 3.65. The van der Waals surface area contributed by atoms with Gasteiger partial charge in [-0.2, -0.15) is 5.06 Å². The molecule has 1 fully saturated rings. The lowest BCUT2D eigenvalue weighted by atomic mass is 9.86. The Labute approximate surface area is 98.0 Å². The number of nitrogens with one attached hydrogen (secondary N) is 1. The molecule has 0 aliphatic carbocycles. The molecule has 1 atom stereocenters. The molecule has 2 N–H and O–H groups in total. The summed E-state index contributed by atoms with van der Waals surface area (Å²) in [6.45, 7) is 10.5. The Morgan fingerprint density at radius 3 is 2.38 bits per heavy atom. The molecular weight excluding hydrogens is 204 g/mol. The van der Waals surface area contributed by atoms with Crippen LogP contribution >= 0.6 is 0 Å². The Morgan fingerprint density at radius 2 is 2.00 bits per heavy atom. The van der Waals surface area contributed by atoms with Crippen molar-refractivity contribution in [1.82, 2.24) is 10.4 Å². The molecule has 0 radical (unpaired) electrons. The van der Waals surface area contributed by atoms with Crippen molar-refractivity contribution in [2.24, 2.45) is 5.92 Å². The van der Waals surface area contributed by atoms with E-state index in [2.05, 4.69) is 5.32 Å². The molecular formula is C12H24N2O2. The molecule has 1 rings (SSSR count). The number of rotatable bonds is 3. The lowest BCUT2D eigenvalue weighted by molar-refractivity contribution is -0.197. The average Bonchev–Trinajstić information content (AvgIpc) is 2.35. The van der Waals surface area contributed by atoms with Crippen LogP contribution < -0.4 is 5.32 Å². The first-order valence-corrected chi connectivity index (χ1v) is 6.00. The van der Waals surface area contributed by atoms with Crippen molar-refractivity contribution in [3.8, 4) is 0 Å². The summed E-state index contributed by atoms with van der Waals surface area (Å²) in [5.74, 6) is -0.101. The first-order chi connectivity index (χ1) is 7.23. The SMILES string of the molecule is CCCNC(=O)C1CC(C)(C)N(O)C1(C)C. The molecule has 0 saturated carbocycles. The normalized spacial score (nSPS) is 28.0. The second-order valence-electron chi connectivity index (χ2n) is 5.83. The molecule has 1 saturated heterocycles. The van der Waals surface area contributed by atoms with Crippen LogP contribution in [-0.2, 0) is 4.79 Å². The highest BCUT2D eigenvalue weighted by molar-refractivity contribution is 5.80. The van der Waals surface area contributed by atoms with Gasteiger partial charge in [-0.25, -0.2) is 0 Å². The molecule has 1 amide bonds. The lowest BCUT2D eigenvalue weighted by Crippen LogP contribution is -2.49. The van der Waals surface area contributed by atoms with Gasteiger partial charge in [0.2, 0.25) is 5.91 Å². The van der Waals surface area contributed by atoms with Gasteiger partial charge in [0.05, 0.1) is 11.5 Å². The summed E-state index contributed by atoms with van der Waals surface area (Å²) in [6, 6.07) is 0. The fraction of sp³-hybridized carbons (Fsp3) is 0.917. The third-order valence-electron chi connectivity index (χ3n) is 3.54. The zero-order valence-corrected chi connectivity index (χ0v) is 11.0. The number of amides is 1. The van der Waals surface area contributed by atoms with Crippen molar-refractivity contribution in [2.75, 3.05) is 6.54 Å². The van der Waals surface area contributed by atoms with E-state index in [1.54, 1.807) is 0 Å². The van der Waals surface area contributed by atoms with Crippen LogP contribution in [0.15, 0.2) is 0 Å². The fourth-order valence-electron chi connectivity index (χ4n) is 2.55. The van der Waals surface area contributed by atoms with Gasteiger partial charge in [-0.3, -0.25) is 4.79 Å². The monoisotopic (exact) mass is 228 g/mol. The first-order valence-electron chi connectivity index (χ1n) is 6.00. The standard InChI is InChI=1S/C12H24N2O2/c1-6-7-13-10(15)9-8-11(2,3)14(16)12(9,4)5/h9,16H,6-8H2,1-5H3,(H,13,15). The minimum Gasteiger partial charge on any atom is -0.356 e. The van der Waals surface area contributed by atoms with E-state index in [1.165, 1.54) is 5.06 Å². The van der Waals surface area contributed by atoms with Gasteiger partial charge in [0.25, 0.3) is 0 Å². The first kappa shape index (κ1) is 13.5. The second-order valence-corrected chi connectivity index (χ2v) is 5.83. The molecule has 16 heavy (non-hydrogen) atoms. The predicted molar refractivity (Wildman–Crippen MR) is 63.2 cm³/mol. The Hall–Kier alpha value is -0.610. The average molecular weight is 228 g/mol. The molecule has 4 heteroatoms. The molecule has 0 aromatic heterocycles. The minimum atomic E-state index is -0.499. The van der Waals surface area contributed by atoms with Crippen molar-refractivity contribution in [3.05, 3.63) is 0 Å². The predicted octanol–water partition coefficient (Wildman–Crippen LogP) is 1.78. The summed E-state index contributed by atoms with van der Waals surface area (Å²) in [7, 11) is 0. The highest BCUT2D eigenvalue weighted by atomic mass is 16.5. The van der Waals surface area contributed by atoms with Crippen LogP contribution in [-0.4, -0.2) is 33.8 Å². The van der Waals surface area contributed by atoms with E-state index in [-0.39, 0.29) is 17.4 Å². The molecule has 0 spiro atoms. The molecule has 1 aliphatic rings. The third-order valence-corrected chi connectivity index (χ3v) is 3.54. The summed E-state index contributed by atoms with van der Waals surface area (Å²) < 4.78 is 0. The van der Waals surface area contributed by atoms with Gasteiger partial charge in [-0.15, -0.1) is 0 Å². The number of hydrogen-bond acceptors (Lipinski definition) is 3. The van der Waals surface area contributed by atoms with Gasteiger partial charge in [-0.1, -0.05) is 6.92 Å². The van der Waals surface area contributed by atoms with Crippen LogP contribution in [0.5, 0.6) is 0 Å². The van der Waals surface area contributed by atoms with Gasteiger partial charge >= 0.3 is 0 Å². The number of carbonyl (C=O) groups excluding carboxylic acids is 1. The van der Waals surface area contributed by atoms with Gasteiger partial charge in [0.15, 0.2) is 0 Å². The zero-order chi connectivity index (χ0) is 12.6. The summed E-state index contributed by atoms with van der Waals surface area (Å²) in [5.41, 5.74) is -0.834. The van der Waals surface area contributed by atoms with Gasteiger partial charge in [-0.05, 0) is 40.5 Å². The third kappa shape index (κ3) is 2.23. The number of hydrogen-bond donors (Lipinski definition) is 2. The minimum absolute atomic E-state index is 0.0523. The van der Waals surface area contributed by atoms with E-state index in [9.17, 15) is 10.0 Å². The highest BCUT2D eigenvalue weighted by Crippen LogP contribution is 2.43. The van der Waals surface area contributed by atoms with E-state index in [4.69, 9.17) is 0 Å². The van der Waals surface area contributed by atoms with E-state index in [0.717, 1.165) is 6.42 Å². The molecule has 0 bridgehead atoms. The summed E-state index contributed by atoms with van der Waals surface area (Å²) in [6.07, 6.45) is 1.62. The molecule has 1 aliphatic heterocycles. The maximum Gasteiger partial charge on any atom is 0.225 e. The molecule has 4 nitrogen and oxygen atoms in total. The quantitative estimate of drug-likeness (QED) is 0.774.